The summed E-state index contributed by atoms with van der Waals surface area (Å²) in [5, 5.41) is -0.299. The molecule has 3 unspecified atom stereocenters. The third-order valence-electron chi connectivity index (χ3n) is 10.1. The Labute approximate surface area is 245 Å². The highest BCUT2D eigenvalue weighted by molar-refractivity contribution is 7.90. The molecule has 2 aliphatic carbocycles. The van der Waals surface area contributed by atoms with E-state index in [4.69, 9.17) is 10.7 Å². The molecule has 8 nitrogen and oxygen atoms in total. The lowest BCUT2D eigenvalue weighted by atomic mass is 9.65. The number of nitrogens with two attached hydrogens (primary N) is 1. The minimum atomic E-state index is -4.27. The average Bonchev–Trinajstić information content (AvgIpc) is 3.33. The number of rotatable bonds is 5. The summed E-state index contributed by atoms with van der Waals surface area (Å²) in [6.45, 7) is 20.7. The number of hydrogen-bond acceptors (Lipinski definition) is 7. The molecule has 0 spiro atoms. The third-order valence-corrected chi connectivity index (χ3v) is 11.3. The Morgan fingerprint density at radius 3 is 2.32 bits per heavy atom. The molecule has 41 heavy (non-hydrogen) atoms. The summed E-state index contributed by atoms with van der Waals surface area (Å²) in [5.41, 5.74) is 8.52. The van der Waals surface area contributed by atoms with E-state index in [2.05, 4.69) is 83.0 Å². The highest BCUT2D eigenvalue weighted by atomic mass is 32.2. The number of allylic oxidation sites excluding steroid dienone is 2. The largest absolute Gasteiger partial charge is 0.384 e. The van der Waals surface area contributed by atoms with Crippen molar-refractivity contribution in [2.75, 3.05) is 17.2 Å². The zero-order chi connectivity index (χ0) is 30.3. The molecule has 3 N–H and O–H groups in total. The first-order valence-electron chi connectivity index (χ1n) is 14.6. The van der Waals surface area contributed by atoms with Gasteiger partial charge in [-0.1, -0.05) is 60.6 Å². The predicted molar refractivity (Wildman–Crippen MR) is 164 cm³/mol. The molecule has 0 radical (unpaired) electrons. The Morgan fingerprint density at radius 1 is 1.12 bits per heavy atom. The molecule has 5 rings (SSSR count). The van der Waals surface area contributed by atoms with E-state index < -0.39 is 15.9 Å². The van der Waals surface area contributed by atoms with Crippen molar-refractivity contribution in [3.8, 4) is 0 Å². The van der Waals surface area contributed by atoms with Gasteiger partial charge < -0.3 is 10.6 Å². The van der Waals surface area contributed by atoms with Gasteiger partial charge in [-0.2, -0.15) is 8.42 Å². The Morgan fingerprint density at radius 2 is 1.80 bits per heavy atom. The van der Waals surface area contributed by atoms with E-state index in [1.165, 1.54) is 23.8 Å². The van der Waals surface area contributed by atoms with Crippen molar-refractivity contribution in [1.29, 1.82) is 0 Å². The van der Waals surface area contributed by atoms with Crippen LogP contribution in [0.3, 0.4) is 0 Å². The second-order valence-electron chi connectivity index (χ2n) is 14.9. The standard InChI is InChI=1S/C32H45N5O3S/c1-19-17-30(5,6)37(18-19)27-22(28(38)36-41(39,40)25-12-10-11-24(33)34-25)16-21(26(35-27)29(2,3)4)23-15-20-13-14-32(23,9)31(20,7)8/h10-12,15-16,19-20H,13-14,17-18H2,1-9H3,(H2,33,34)(H,36,38). The maximum absolute atomic E-state index is 14.0. The van der Waals surface area contributed by atoms with Crippen LogP contribution in [0.15, 0.2) is 35.4 Å². The lowest BCUT2D eigenvalue weighted by Gasteiger charge is -2.40. The summed E-state index contributed by atoms with van der Waals surface area (Å²) in [6.07, 6.45) is 5.52. The molecule has 2 aromatic rings. The van der Waals surface area contributed by atoms with Crippen LogP contribution in [0.5, 0.6) is 0 Å². The minimum absolute atomic E-state index is 0.0615. The van der Waals surface area contributed by atoms with E-state index >= 15 is 0 Å². The first-order chi connectivity index (χ1) is 18.8. The average molecular weight is 580 g/mol. The lowest BCUT2D eigenvalue weighted by molar-refractivity contribution is 0.0981. The van der Waals surface area contributed by atoms with Crippen LogP contribution in [0.4, 0.5) is 11.6 Å². The van der Waals surface area contributed by atoms with Crippen LogP contribution >= 0.6 is 0 Å². The summed E-state index contributed by atoms with van der Waals surface area (Å²) in [4.78, 5) is 25.5. The van der Waals surface area contributed by atoms with Crippen LogP contribution in [-0.4, -0.2) is 36.4 Å². The first kappa shape index (κ1) is 29.5. The van der Waals surface area contributed by atoms with Gasteiger partial charge in [-0.15, -0.1) is 0 Å². The third kappa shape index (κ3) is 4.74. The number of carbonyl (C=O) groups excluding carboxylic acids is 1. The molecule has 1 aliphatic heterocycles. The molecule has 9 heteroatoms. The van der Waals surface area contributed by atoms with E-state index in [-0.39, 0.29) is 38.2 Å². The van der Waals surface area contributed by atoms with Crippen LogP contribution in [0.25, 0.3) is 5.57 Å². The summed E-state index contributed by atoms with van der Waals surface area (Å²) in [5.74, 6) is 0.706. The highest BCUT2D eigenvalue weighted by Gasteiger charge is 2.58. The number of hydrogen-bond donors (Lipinski definition) is 2. The summed E-state index contributed by atoms with van der Waals surface area (Å²) in [6, 6.07) is 6.24. The first-order valence-corrected chi connectivity index (χ1v) is 16.1. The minimum Gasteiger partial charge on any atom is -0.384 e. The van der Waals surface area contributed by atoms with Crippen LogP contribution < -0.4 is 15.4 Å². The fourth-order valence-electron chi connectivity index (χ4n) is 7.50. The van der Waals surface area contributed by atoms with Crippen LogP contribution in [0, 0.1) is 22.7 Å². The fraction of sp³-hybridized carbons (Fsp3) is 0.594. The van der Waals surface area contributed by atoms with Gasteiger partial charge in [-0.3, -0.25) is 4.79 Å². The number of amides is 1. The van der Waals surface area contributed by atoms with Gasteiger partial charge in [0, 0.05) is 23.1 Å². The molecule has 1 saturated carbocycles. The molecule has 3 aliphatic rings. The molecule has 1 saturated heterocycles. The zero-order valence-electron chi connectivity index (χ0n) is 25.9. The molecule has 0 aromatic carbocycles. The summed E-state index contributed by atoms with van der Waals surface area (Å²) in [7, 11) is -4.27. The smallest absolute Gasteiger partial charge is 0.281 e. The zero-order valence-corrected chi connectivity index (χ0v) is 26.7. The Hall–Kier alpha value is -2.94. The van der Waals surface area contributed by atoms with Crippen molar-refractivity contribution in [2.24, 2.45) is 22.7 Å². The Bertz CT molecular complexity index is 1550. The molecule has 2 fully saturated rings. The summed E-state index contributed by atoms with van der Waals surface area (Å²) < 4.78 is 28.9. The molecule has 2 aromatic heterocycles. The van der Waals surface area contributed by atoms with E-state index in [0.717, 1.165) is 37.1 Å². The number of aromatic nitrogens is 2. The van der Waals surface area contributed by atoms with Crippen molar-refractivity contribution in [3.63, 3.8) is 0 Å². The monoisotopic (exact) mass is 579 g/mol. The molecular formula is C32H45N5O3S. The Balaban J connectivity index is 1.71. The van der Waals surface area contributed by atoms with Crippen molar-refractivity contribution >= 4 is 33.1 Å². The van der Waals surface area contributed by atoms with E-state index in [1.54, 1.807) is 0 Å². The second kappa shape index (κ2) is 9.28. The molecule has 2 bridgehead atoms. The maximum atomic E-state index is 14.0. The molecule has 1 amide bonds. The number of carbonyl (C=O) groups is 1. The number of nitrogens with one attached hydrogen (secondary N) is 1. The van der Waals surface area contributed by atoms with Crippen molar-refractivity contribution in [2.45, 2.75) is 97.6 Å². The van der Waals surface area contributed by atoms with E-state index in [0.29, 0.717) is 17.7 Å². The molecule has 222 valence electrons. The number of sulfonamides is 1. The van der Waals surface area contributed by atoms with Gasteiger partial charge in [0.2, 0.25) is 0 Å². The SMILES string of the molecule is CC1CN(c2nc(C(C)(C)C)c(C3=CC4CCC3(C)C4(C)C)cc2C(=O)NS(=O)(=O)c2cccc(N)n2)C(C)(C)C1. The highest BCUT2D eigenvalue weighted by Crippen LogP contribution is 2.68. The van der Waals surface area contributed by atoms with Gasteiger partial charge in [0.15, 0.2) is 5.03 Å². The number of anilines is 2. The van der Waals surface area contributed by atoms with Gasteiger partial charge in [0.05, 0.1) is 11.3 Å². The van der Waals surface area contributed by atoms with Gasteiger partial charge in [0.25, 0.3) is 15.9 Å². The maximum Gasteiger partial charge on any atom is 0.281 e. The van der Waals surface area contributed by atoms with E-state index in [9.17, 15) is 13.2 Å². The van der Waals surface area contributed by atoms with Gasteiger partial charge in [-0.05, 0) is 79.5 Å². The van der Waals surface area contributed by atoms with Crippen LogP contribution in [0.2, 0.25) is 0 Å². The lowest BCUT2D eigenvalue weighted by Crippen LogP contribution is -2.41. The summed E-state index contributed by atoms with van der Waals surface area (Å²) >= 11 is 0. The van der Waals surface area contributed by atoms with E-state index in [1.807, 2.05) is 6.07 Å². The quantitative estimate of drug-likeness (QED) is 0.450. The van der Waals surface area contributed by atoms with Crippen LogP contribution in [0.1, 0.15) is 103 Å². The van der Waals surface area contributed by atoms with Gasteiger partial charge in [-0.25, -0.2) is 14.7 Å². The predicted octanol–water partition coefficient (Wildman–Crippen LogP) is 5.94. The number of fused-ring (bicyclic) bond motifs is 2. The number of nitrogen functional groups attached to an aromatic ring is 1. The molecular weight excluding hydrogens is 534 g/mol. The molecule has 3 heterocycles. The number of nitrogens with zero attached hydrogens (tertiary/aromatic N) is 3. The van der Waals surface area contributed by atoms with Crippen molar-refractivity contribution < 1.29 is 13.2 Å². The topological polar surface area (TPSA) is 118 Å². The Kier molecular flexibility index (Phi) is 6.69. The van der Waals surface area contributed by atoms with Crippen LogP contribution in [-0.2, 0) is 15.4 Å². The fourth-order valence-corrected chi connectivity index (χ4v) is 8.45. The normalized spacial score (nSPS) is 26.8. The number of pyridine rings is 2. The van der Waals surface area contributed by atoms with Gasteiger partial charge >= 0.3 is 0 Å². The molecule has 3 atom stereocenters. The van der Waals surface area contributed by atoms with Crippen molar-refractivity contribution in [3.05, 3.63) is 47.2 Å². The second-order valence-corrected chi connectivity index (χ2v) is 16.5. The van der Waals surface area contributed by atoms with Crippen molar-refractivity contribution in [1.82, 2.24) is 14.7 Å². The van der Waals surface area contributed by atoms with Gasteiger partial charge in [0.1, 0.15) is 11.6 Å².